The van der Waals surface area contributed by atoms with Crippen LogP contribution in [0, 0.1) is 0 Å². The molecule has 0 radical (unpaired) electrons. The summed E-state index contributed by atoms with van der Waals surface area (Å²) in [6.07, 6.45) is 0. The van der Waals surface area contributed by atoms with Crippen molar-refractivity contribution in [2.45, 2.75) is 0 Å². The van der Waals surface area contributed by atoms with Crippen molar-refractivity contribution >= 4 is 0 Å². The Bertz CT molecular complexity index is 92.9. The molecule has 49 valence electrons. The van der Waals surface area contributed by atoms with Crippen LogP contribution < -0.4 is 12.3 Å². The fourth-order valence-corrected chi connectivity index (χ4v) is 0. The fourth-order valence-electron chi connectivity index (χ4n) is 0. The maximum atomic E-state index is 8.80. The Hall–Kier alpha value is -0.0405. The number of hydrogen-bond donors (Lipinski definition) is 4. The van der Waals surface area contributed by atoms with Crippen LogP contribution in [0.3, 0.4) is 0 Å². The van der Waals surface area contributed by atoms with Crippen LogP contribution in [0.5, 0.6) is 0 Å². The molecule has 0 aromatic heterocycles. The minimum absolute atomic E-state index is 0. The van der Waals surface area contributed by atoms with E-state index in [1.54, 1.807) is 0 Å². The van der Waals surface area contributed by atoms with Gasteiger partial charge in [0.05, 0.1) is 0 Å². The average Bonchev–Trinajstić information content (AvgIpc) is 0.722. The summed E-state index contributed by atoms with van der Waals surface area (Å²) in [5.41, 5.74) is 0. The third-order valence-corrected chi connectivity index (χ3v) is 0. The van der Waals surface area contributed by atoms with Crippen LogP contribution in [0.15, 0.2) is 0 Å². The van der Waals surface area contributed by atoms with Crippen LogP contribution in [0.4, 0.5) is 0 Å². The molecule has 0 spiro atoms. The summed E-state index contributed by atoms with van der Waals surface area (Å²) < 4.78 is 31.8. The van der Waals surface area contributed by atoms with Gasteiger partial charge in [-0.2, -0.15) is 0 Å². The van der Waals surface area contributed by atoms with E-state index in [2.05, 4.69) is 0 Å². The van der Waals surface area contributed by atoms with Crippen molar-refractivity contribution in [1.29, 1.82) is 0 Å². The predicted octanol–water partition coefficient (Wildman–Crippen LogP) is -1.03. The van der Waals surface area contributed by atoms with Crippen molar-refractivity contribution in [2.75, 3.05) is 0 Å². The molecule has 0 amide bonds. The first kappa shape index (κ1) is 15.8. The molecule has 0 aliphatic carbocycles. The molecule has 0 rings (SSSR count). The number of hydrogen-bond acceptors (Lipinski definition) is 4. The molecule has 0 atom stereocenters. The van der Waals surface area contributed by atoms with Gasteiger partial charge in [-0.1, -0.05) is 0 Å². The molecule has 0 heterocycles. The van der Waals surface area contributed by atoms with Gasteiger partial charge in [-0.05, 0) is 0 Å². The van der Waals surface area contributed by atoms with Gasteiger partial charge in [0.1, 0.15) is 0 Å². The zero-order valence-electron chi connectivity index (χ0n) is 3.50. The van der Waals surface area contributed by atoms with Crippen LogP contribution in [-0.4, -0.2) is 8.38 Å². The quantitative estimate of drug-likeness (QED) is 0.329. The van der Waals surface area contributed by atoms with Crippen LogP contribution in [0.25, 0.3) is 0 Å². The Morgan fingerprint density at radius 3 is 1.00 bits per heavy atom. The zero-order valence-corrected chi connectivity index (χ0v) is 4.68. The van der Waals surface area contributed by atoms with Crippen molar-refractivity contribution in [3.8, 4) is 0 Å². The van der Waals surface area contributed by atoms with Crippen molar-refractivity contribution < 1.29 is 29.4 Å². The van der Waals surface area contributed by atoms with Gasteiger partial charge in [-0.15, -0.1) is 0 Å². The average molecular weight is 155 g/mol. The molecule has 0 saturated carbocycles. The second-order valence-electron chi connectivity index (χ2n) is 0.415. The molecule has 0 aliphatic heterocycles. The van der Waals surface area contributed by atoms with Crippen LogP contribution in [0.2, 0.25) is 0 Å². The Labute approximate surface area is 42.6 Å². The predicted molar refractivity (Wildman–Crippen MR) is 15.9 cm³/mol. The van der Waals surface area contributed by atoms with Gasteiger partial charge in [0.2, 0.25) is 0 Å². The van der Waals surface area contributed by atoms with E-state index < -0.39 is 13.4 Å². The maximum absolute atomic E-state index is 8.80. The third-order valence-electron chi connectivity index (χ3n) is 0. The molecule has 0 bridgehead atoms. The second kappa shape index (κ2) is 4.13. The molecular weight excluding hydrogens is 147 g/mol. The molecule has 0 aromatic carbocycles. The molecule has 0 aromatic rings. The normalized spacial score (nSPS) is 8.29. The monoisotopic (exact) mass is 155 g/mol. The van der Waals surface area contributed by atoms with Crippen molar-refractivity contribution in [3.63, 3.8) is 0 Å². The third kappa shape index (κ3) is 56900. The van der Waals surface area contributed by atoms with E-state index in [1.807, 2.05) is 0 Å². The van der Waals surface area contributed by atoms with Gasteiger partial charge in [0, 0.05) is 0 Å². The SMILES string of the molecule is N.N.[O]=[Mn](=[O])([OH])[OH]. The standard InChI is InChI=1S/Mn.2H3N.2H2O.2O/h;2*1H3;2*1H2;;/q+2;;;;;;/p-2. The van der Waals surface area contributed by atoms with E-state index in [9.17, 15) is 0 Å². The summed E-state index contributed by atoms with van der Waals surface area (Å²) in [5, 5.41) is 0. The first-order chi connectivity index (χ1) is 2.00. The molecular formula is H8MnN2O4. The van der Waals surface area contributed by atoms with E-state index in [1.165, 1.54) is 0 Å². The molecule has 0 fully saturated rings. The van der Waals surface area contributed by atoms with E-state index in [0.717, 1.165) is 0 Å². The molecule has 6 nitrogen and oxygen atoms in total. The van der Waals surface area contributed by atoms with Crippen LogP contribution >= 0.6 is 0 Å². The second-order valence-corrected chi connectivity index (χ2v) is 1.71. The zero-order chi connectivity index (χ0) is 4.50. The summed E-state index contributed by atoms with van der Waals surface area (Å²) in [5.74, 6) is 0. The Morgan fingerprint density at radius 2 is 1.00 bits per heavy atom. The van der Waals surface area contributed by atoms with Crippen LogP contribution in [0.1, 0.15) is 0 Å². The first-order valence-corrected chi connectivity index (χ1v) is 2.67. The van der Waals surface area contributed by atoms with Gasteiger partial charge in [0.25, 0.3) is 0 Å². The molecule has 7 heteroatoms. The number of rotatable bonds is 0. The van der Waals surface area contributed by atoms with Gasteiger partial charge in [0.15, 0.2) is 0 Å². The summed E-state index contributed by atoms with van der Waals surface area (Å²) >= 11 is -5.12. The van der Waals surface area contributed by atoms with Crippen molar-refractivity contribution in [3.05, 3.63) is 0 Å². The molecule has 7 heavy (non-hydrogen) atoms. The summed E-state index contributed by atoms with van der Waals surface area (Å²) in [6, 6.07) is 0. The van der Waals surface area contributed by atoms with Crippen molar-refractivity contribution in [2.24, 2.45) is 0 Å². The van der Waals surface area contributed by atoms with Gasteiger partial charge in [-0.3, -0.25) is 0 Å². The fraction of sp³-hybridized carbons (Fsp3) is 0. The Balaban J connectivity index is -0.0000000800. The van der Waals surface area contributed by atoms with Crippen molar-refractivity contribution in [1.82, 2.24) is 12.3 Å². The van der Waals surface area contributed by atoms with Crippen LogP contribution in [-0.2, 0) is 21.0 Å². The molecule has 0 saturated heterocycles. The Kier molecular flexibility index (Phi) is 9.30. The molecule has 0 unspecified atom stereocenters. The summed E-state index contributed by atoms with van der Waals surface area (Å²) in [6.45, 7) is 0. The van der Waals surface area contributed by atoms with Gasteiger partial charge in [-0.25, -0.2) is 0 Å². The van der Waals surface area contributed by atoms with E-state index in [0.29, 0.717) is 0 Å². The van der Waals surface area contributed by atoms with E-state index in [4.69, 9.17) is 16.0 Å². The first-order valence-electron chi connectivity index (χ1n) is 0.647. The summed E-state index contributed by atoms with van der Waals surface area (Å²) in [4.78, 5) is 0. The Morgan fingerprint density at radius 1 is 1.00 bits per heavy atom. The topological polar surface area (TPSA) is 145 Å². The molecule has 0 aliphatic rings. The summed E-state index contributed by atoms with van der Waals surface area (Å²) in [7, 11) is 0. The minimum atomic E-state index is -5.12. The van der Waals surface area contributed by atoms with Gasteiger partial charge < -0.3 is 12.3 Å². The molecule has 8 N–H and O–H groups in total. The van der Waals surface area contributed by atoms with Gasteiger partial charge >= 0.3 is 29.4 Å². The van der Waals surface area contributed by atoms with E-state index >= 15 is 0 Å². The van der Waals surface area contributed by atoms with E-state index in [-0.39, 0.29) is 12.3 Å².